The number of benzene rings is 1. The molecular formula is C20H31NO4SSi. The van der Waals surface area contributed by atoms with Crippen LogP contribution in [0.2, 0.25) is 16.6 Å². The fraction of sp³-hybridized carbons (Fsp3) is 0.550. The van der Waals surface area contributed by atoms with Crippen LogP contribution in [0.25, 0.3) is 0 Å². The van der Waals surface area contributed by atoms with Crippen LogP contribution >= 0.6 is 0 Å². The molecule has 0 heterocycles. The van der Waals surface area contributed by atoms with E-state index in [0.717, 1.165) is 6.26 Å². The van der Waals surface area contributed by atoms with Gasteiger partial charge in [-0.1, -0.05) is 58.8 Å². The Hall–Kier alpha value is -1.78. The van der Waals surface area contributed by atoms with E-state index in [1.54, 1.807) is 19.2 Å². The number of methoxy groups -OCH3 is 1. The minimum Gasteiger partial charge on any atom is -0.496 e. The molecule has 0 bridgehead atoms. The number of ether oxygens (including phenoxy) is 1. The van der Waals surface area contributed by atoms with Gasteiger partial charge in [0.15, 0.2) is 5.71 Å². The van der Waals surface area contributed by atoms with Crippen LogP contribution in [0.3, 0.4) is 0 Å². The zero-order chi connectivity index (χ0) is 20.8. The van der Waals surface area contributed by atoms with Gasteiger partial charge in [-0.2, -0.15) is 8.42 Å². The molecule has 0 radical (unpaired) electrons. The van der Waals surface area contributed by atoms with Crippen molar-refractivity contribution >= 4 is 23.9 Å². The lowest BCUT2D eigenvalue weighted by Gasteiger charge is -2.38. The topological polar surface area (TPSA) is 65.0 Å². The van der Waals surface area contributed by atoms with Crippen molar-refractivity contribution in [3.05, 3.63) is 29.8 Å². The molecule has 150 valence electrons. The highest BCUT2D eigenvalue weighted by Crippen LogP contribution is 2.40. The molecule has 0 N–H and O–H groups in total. The van der Waals surface area contributed by atoms with E-state index < -0.39 is 18.2 Å². The highest BCUT2D eigenvalue weighted by molar-refractivity contribution is 7.85. The summed E-state index contributed by atoms with van der Waals surface area (Å²) >= 11 is 0. The molecule has 1 aromatic carbocycles. The Balaban J connectivity index is 3.62. The highest BCUT2D eigenvalue weighted by Gasteiger charge is 2.41. The predicted molar refractivity (Wildman–Crippen MR) is 114 cm³/mol. The third-order valence-electron chi connectivity index (χ3n) is 4.89. The molecule has 1 aromatic rings. The van der Waals surface area contributed by atoms with E-state index in [-0.39, 0.29) is 5.71 Å². The summed E-state index contributed by atoms with van der Waals surface area (Å²) in [7, 11) is -4.20. The highest BCUT2D eigenvalue weighted by atomic mass is 32.2. The molecule has 0 aliphatic rings. The number of para-hydroxylation sites is 1. The third kappa shape index (κ3) is 5.85. The average Bonchev–Trinajstić information content (AvgIpc) is 2.56. The molecule has 0 amide bonds. The van der Waals surface area contributed by atoms with Gasteiger partial charge in [-0.05, 0) is 34.7 Å². The van der Waals surface area contributed by atoms with Gasteiger partial charge in [0.05, 0.1) is 18.9 Å². The monoisotopic (exact) mass is 409 g/mol. The zero-order valence-electron chi connectivity index (χ0n) is 17.5. The van der Waals surface area contributed by atoms with Crippen LogP contribution in [0, 0.1) is 11.5 Å². The molecule has 0 unspecified atom stereocenters. The summed E-state index contributed by atoms with van der Waals surface area (Å²) in [6.07, 6.45) is 0.958. The summed E-state index contributed by atoms with van der Waals surface area (Å²) in [5.41, 5.74) is 5.75. The predicted octanol–water partition coefficient (Wildman–Crippen LogP) is 4.60. The SMILES string of the molecule is COc1ccccc1/C(C#C[Si](C(C)C)(C(C)C)C(C)C)=N/OS(C)(=O)=O. The molecular weight excluding hydrogens is 378 g/mol. The molecule has 0 saturated carbocycles. The van der Waals surface area contributed by atoms with Crippen molar-refractivity contribution < 1.29 is 17.4 Å². The number of oxime groups is 1. The number of hydrogen-bond donors (Lipinski definition) is 0. The lowest BCUT2D eigenvalue weighted by Crippen LogP contribution is -2.43. The smallest absolute Gasteiger partial charge is 0.325 e. The van der Waals surface area contributed by atoms with E-state index in [2.05, 4.69) is 58.2 Å². The lowest BCUT2D eigenvalue weighted by atomic mass is 10.1. The molecule has 0 aliphatic carbocycles. The maximum absolute atomic E-state index is 11.4. The van der Waals surface area contributed by atoms with Crippen molar-refractivity contribution in [1.29, 1.82) is 0 Å². The van der Waals surface area contributed by atoms with Gasteiger partial charge >= 0.3 is 10.1 Å². The molecule has 27 heavy (non-hydrogen) atoms. The van der Waals surface area contributed by atoms with Gasteiger partial charge in [-0.25, -0.2) is 0 Å². The zero-order valence-corrected chi connectivity index (χ0v) is 19.3. The maximum atomic E-state index is 11.4. The summed E-state index contributed by atoms with van der Waals surface area (Å²) < 4.78 is 33.0. The van der Waals surface area contributed by atoms with Crippen LogP contribution in [0.4, 0.5) is 0 Å². The van der Waals surface area contributed by atoms with Gasteiger partial charge in [-0.15, -0.1) is 5.54 Å². The summed E-state index contributed by atoms with van der Waals surface area (Å²) in [5, 5.41) is 3.85. The number of hydrogen-bond acceptors (Lipinski definition) is 5. The molecule has 5 nitrogen and oxygen atoms in total. The van der Waals surface area contributed by atoms with Crippen LogP contribution in [0.1, 0.15) is 47.1 Å². The second-order valence-corrected chi connectivity index (χ2v) is 14.7. The molecule has 0 saturated heterocycles. The first-order valence-corrected chi connectivity index (χ1v) is 13.1. The Morgan fingerprint density at radius 3 is 2.00 bits per heavy atom. The maximum Gasteiger partial charge on any atom is 0.325 e. The summed E-state index contributed by atoms with van der Waals surface area (Å²) in [6, 6.07) is 7.24. The Morgan fingerprint density at radius 2 is 1.56 bits per heavy atom. The molecule has 0 aromatic heterocycles. The minimum absolute atomic E-state index is 0.261. The van der Waals surface area contributed by atoms with Crippen LogP contribution in [0.15, 0.2) is 29.4 Å². The Morgan fingerprint density at radius 1 is 1.04 bits per heavy atom. The molecule has 0 atom stereocenters. The van der Waals surface area contributed by atoms with Crippen molar-refractivity contribution in [2.24, 2.45) is 5.16 Å². The number of rotatable bonds is 7. The summed E-state index contributed by atoms with van der Waals surface area (Å²) in [4.78, 5) is 0. The standard InChI is InChI=1S/C20H31NO4SSi/c1-15(2)27(16(3)4,17(5)6)14-13-19(21-25-26(8,22)23)18-11-9-10-12-20(18)24-7/h9-12,15-17H,1-8H3/b21-19+. The van der Waals surface area contributed by atoms with Crippen molar-refractivity contribution in [1.82, 2.24) is 0 Å². The molecule has 1 rings (SSSR count). The normalized spacial score (nSPS) is 12.9. The van der Waals surface area contributed by atoms with Gasteiger partial charge in [0.1, 0.15) is 13.8 Å². The van der Waals surface area contributed by atoms with E-state index in [1.165, 1.54) is 0 Å². The first-order valence-electron chi connectivity index (χ1n) is 9.08. The van der Waals surface area contributed by atoms with E-state index in [1.807, 2.05) is 12.1 Å². The first-order chi connectivity index (χ1) is 12.5. The summed E-state index contributed by atoms with van der Waals surface area (Å²) in [5.74, 6) is 3.72. The summed E-state index contributed by atoms with van der Waals surface area (Å²) in [6.45, 7) is 13.3. The fourth-order valence-corrected chi connectivity index (χ4v) is 9.10. The second-order valence-electron chi connectivity index (χ2n) is 7.57. The number of nitrogens with zero attached hydrogens (tertiary/aromatic N) is 1. The van der Waals surface area contributed by atoms with Gasteiger partial charge < -0.3 is 4.74 Å². The van der Waals surface area contributed by atoms with Crippen LogP contribution in [0.5, 0.6) is 5.75 Å². The lowest BCUT2D eigenvalue weighted by molar-refractivity contribution is 0.343. The van der Waals surface area contributed by atoms with E-state index >= 15 is 0 Å². The second kappa shape index (κ2) is 9.42. The van der Waals surface area contributed by atoms with Crippen LogP contribution in [-0.2, 0) is 14.4 Å². The minimum atomic E-state index is -3.73. The van der Waals surface area contributed by atoms with E-state index in [0.29, 0.717) is 27.9 Å². The van der Waals surface area contributed by atoms with Crippen molar-refractivity contribution in [3.8, 4) is 17.2 Å². The van der Waals surface area contributed by atoms with Gasteiger partial charge in [0.25, 0.3) is 0 Å². The Kier molecular flexibility index (Phi) is 8.12. The third-order valence-corrected chi connectivity index (χ3v) is 11.5. The molecule has 7 heteroatoms. The average molecular weight is 410 g/mol. The largest absolute Gasteiger partial charge is 0.496 e. The molecule has 0 fully saturated rings. The first kappa shape index (κ1) is 23.3. The van der Waals surface area contributed by atoms with E-state index in [4.69, 9.17) is 9.02 Å². The Labute approximate surface area is 165 Å². The van der Waals surface area contributed by atoms with E-state index in [9.17, 15) is 8.42 Å². The quantitative estimate of drug-likeness (QED) is 0.286. The van der Waals surface area contributed by atoms with Gasteiger partial charge in [0, 0.05) is 0 Å². The van der Waals surface area contributed by atoms with Crippen molar-refractivity contribution in [2.75, 3.05) is 13.4 Å². The molecule has 0 aliphatic heterocycles. The molecule has 0 spiro atoms. The van der Waals surface area contributed by atoms with Crippen LogP contribution in [-0.4, -0.2) is 35.6 Å². The van der Waals surface area contributed by atoms with Crippen molar-refractivity contribution in [3.63, 3.8) is 0 Å². The Bertz CT molecular complexity index is 811. The van der Waals surface area contributed by atoms with Crippen LogP contribution < -0.4 is 4.74 Å². The van der Waals surface area contributed by atoms with Gasteiger partial charge in [0.2, 0.25) is 0 Å². The van der Waals surface area contributed by atoms with Gasteiger partial charge in [-0.3, -0.25) is 4.28 Å². The van der Waals surface area contributed by atoms with Crippen molar-refractivity contribution in [2.45, 2.75) is 58.2 Å². The fourth-order valence-electron chi connectivity index (χ4n) is 3.69.